The van der Waals surface area contributed by atoms with Gasteiger partial charge in [0.05, 0.1) is 6.20 Å². The number of aromatic nitrogens is 9. The van der Waals surface area contributed by atoms with E-state index < -0.39 is 0 Å². The average Bonchev–Trinajstić information content (AvgIpc) is 3.38. The highest BCUT2D eigenvalue weighted by atomic mass is 16.1. The molecule has 4 aromatic heterocycles. The first-order chi connectivity index (χ1) is 18.8. The first-order valence-electron chi connectivity index (χ1n) is 11.9. The zero-order chi connectivity index (χ0) is 27.2. The molecule has 6 rings (SSSR count). The van der Waals surface area contributed by atoms with Gasteiger partial charge in [0.2, 0.25) is 24.3 Å². The van der Waals surface area contributed by atoms with Gasteiger partial charge in [-0.25, -0.2) is 9.97 Å². The maximum Gasteiger partial charge on any atom is 0.241 e. The van der Waals surface area contributed by atoms with Crippen molar-refractivity contribution < 1.29 is 4.79 Å². The van der Waals surface area contributed by atoms with E-state index in [0.29, 0.717) is 36.0 Å². The van der Waals surface area contributed by atoms with Gasteiger partial charge in [0.15, 0.2) is 11.6 Å². The van der Waals surface area contributed by atoms with E-state index in [1.165, 1.54) is 50.0 Å². The number of imidazole rings is 1. The van der Waals surface area contributed by atoms with Crippen molar-refractivity contribution in [3.63, 3.8) is 0 Å². The van der Waals surface area contributed by atoms with Crippen molar-refractivity contribution in [3.05, 3.63) is 62.2 Å². The largest absolute Gasteiger partial charge is 0.341 e. The Morgan fingerprint density at radius 1 is 1.00 bits per heavy atom. The molecule has 0 bridgehead atoms. The molecule has 13 nitrogen and oxygen atoms in total. The van der Waals surface area contributed by atoms with Crippen LogP contribution in [0.5, 0.6) is 0 Å². The average molecular weight is 515 g/mol. The third-order valence-electron chi connectivity index (χ3n) is 5.36. The Kier molecular flexibility index (Phi) is 10.4. The summed E-state index contributed by atoms with van der Waals surface area (Å²) in [4.78, 5) is 37.3. The zero-order valence-electron chi connectivity index (χ0n) is 20.9. The highest BCUT2D eigenvalue weighted by Gasteiger charge is 2.26. The molecule has 38 heavy (non-hydrogen) atoms. The quantitative estimate of drug-likeness (QED) is 0.190. The summed E-state index contributed by atoms with van der Waals surface area (Å²) in [7, 11) is 0. The normalized spacial score (nSPS) is 13.5. The molecule has 0 spiro atoms. The van der Waals surface area contributed by atoms with E-state index in [0.717, 1.165) is 18.9 Å². The van der Waals surface area contributed by atoms with Gasteiger partial charge in [0.25, 0.3) is 0 Å². The number of hydrogen-bond donors (Lipinski definition) is 3. The summed E-state index contributed by atoms with van der Waals surface area (Å²) >= 11 is 0. The van der Waals surface area contributed by atoms with Gasteiger partial charge in [-0.1, -0.05) is 0 Å². The number of carbonyl (C=O) groups is 1. The summed E-state index contributed by atoms with van der Waals surface area (Å²) in [5, 5.41) is 13.0. The molecular weight excluding hydrogens is 484 g/mol. The lowest BCUT2D eigenvalue weighted by atomic mass is 10.3. The number of anilines is 4. The first kappa shape index (κ1) is 27.5. The molecule has 196 valence electrons. The van der Waals surface area contributed by atoms with Gasteiger partial charge in [-0.05, 0) is 25.7 Å². The topological polar surface area (TPSA) is 155 Å². The summed E-state index contributed by atoms with van der Waals surface area (Å²) in [5.41, 5.74) is 1.17. The van der Waals surface area contributed by atoms with Crippen molar-refractivity contribution in [2.75, 3.05) is 28.6 Å². The summed E-state index contributed by atoms with van der Waals surface area (Å²) in [6, 6.07) is 2.04. The van der Waals surface area contributed by atoms with Gasteiger partial charge in [0, 0.05) is 55.6 Å². The maximum absolute atomic E-state index is 9.80. The number of terminal acetylenes is 1. The van der Waals surface area contributed by atoms with Gasteiger partial charge in [-0.15, -0.1) is 26.0 Å². The third-order valence-corrected chi connectivity index (χ3v) is 5.36. The van der Waals surface area contributed by atoms with Crippen LogP contribution in [0.1, 0.15) is 37.3 Å². The van der Waals surface area contributed by atoms with Crippen molar-refractivity contribution in [3.8, 4) is 18.8 Å². The maximum atomic E-state index is 9.80. The Bertz CT molecular complexity index is 1260. The fourth-order valence-electron chi connectivity index (χ4n) is 3.51. The van der Waals surface area contributed by atoms with E-state index in [-0.39, 0.29) is 0 Å². The molecule has 3 N–H and O–H groups in total. The van der Waals surface area contributed by atoms with E-state index in [2.05, 4.69) is 81.6 Å². The van der Waals surface area contributed by atoms with Crippen LogP contribution in [-0.2, 0) is 4.79 Å². The van der Waals surface area contributed by atoms with Crippen LogP contribution in [0.4, 0.5) is 23.5 Å². The number of amides is 1. The molecule has 5 heterocycles. The molecule has 1 saturated heterocycles. The van der Waals surface area contributed by atoms with Crippen molar-refractivity contribution in [1.29, 1.82) is 0 Å². The van der Waals surface area contributed by atoms with Crippen LogP contribution in [0.25, 0.3) is 5.95 Å². The molecule has 0 atom stereocenters. The van der Waals surface area contributed by atoms with Gasteiger partial charge in [0.1, 0.15) is 6.33 Å². The van der Waals surface area contributed by atoms with Gasteiger partial charge in [-0.3, -0.25) is 19.4 Å². The van der Waals surface area contributed by atoms with E-state index in [4.69, 9.17) is 0 Å². The fraction of sp³-hybridized carbons (Fsp3) is 0.280. The first-order valence-corrected chi connectivity index (χ1v) is 11.9. The lowest BCUT2D eigenvalue weighted by Gasteiger charge is -2.16. The standard InChI is InChI=1S/C16H19N9.C5H5N3O.C2H4.C2H2/c1-2-7-24(6-1)15-19-14(20-16(21-15)25-8-5-17-10-25)18-13-9-12(22-23-13)11-3-4-11;9-4-8-5-3-6-1-2-7-5;2*1-2/h5,8-11H,1-4,6-7H2,(H2,18,19,20,21,22,23);1-4H,(H,7,8,9);1-2H2;1-2H. The molecule has 1 saturated carbocycles. The van der Waals surface area contributed by atoms with Crippen LogP contribution in [0.2, 0.25) is 0 Å². The minimum Gasteiger partial charge on any atom is -0.341 e. The highest BCUT2D eigenvalue weighted by Crippen LogP contribution is 2.39. The lowest BCUT2D eigenvalue weighted by Crippen LogP contribution is -2.22. The monoisotopic (exact) mass is 514 g/mol. The Labute approximate surface area is 220 Å². The molecular formula is C25H30N12O. The highest BCUT2D eigenvalue weighted by molar-refractivity contribution is 5.67. The molecule has 1 aliphatic heterocycles. The van der Waals surface area contributed by atoms with E-state index in [1.807, 2.05) is 12.3 Å². The van der Waals surface area contributed by atoms with Crippen LogP contribution in [0.15, 0.2) is 56.5 Å². The smallest absolute Gasteiger partial charge is 0.241 e. The second kappa shape index (κ2) is 14.4. The second-order valence-corrected chi connectivity index (χ2v) is 7.88. The van der Waals surface area contributed by atoms with E-state index in [1.54, 1.807) is 17.1 Å². The third kappa shape index (κ3) is 7.69. The molecule has 0 radical (unpaired) electrons. The number of nitrogens with one attached hydrogen (secondary N) is 3. The Balaban J connectivity index is 0.000000260. The molecule has 4 aromatic rings. The van der Waals surface area contributed by atoms with Crippen LogP contribution in [0.3, 0.4) is 0 Å². The van der Waals surface area contributed by atoms with Crippen LogP contribution in [-0.4, -0.2) is 64.2 Å². The summed E-state index contributed by atoms with van der Waals surface area (Å²) in [6.45, 7) is 7.95. The molecule has 1 aliphatic carbocycles. The molecule has 0 aromatic carbocycles. The Morgan fingerprint density at radius 2 is 1.76 bits per heavy atom. The van der Waals surface area contributed by atoms with Crippen molar-refractivity contribution in [1.82, 2.24) is 44.7 Å². The predicted molar refractivity (Wildman–Crippen MR) is 145 cm³/mol. The van der Waals surface area contributed by atoms with Crippen LogP contribution in [0, 0.1) is 12.8 Å². The predicted octanol–water partition coefficient (Wildman–Crippen LogP) is 3.10. The number of H-pyrrole nitrogens is 1. The molecule has 2 fully saturated rings. The number of aromatic amines is 1. The second-order valence-electron chi connectivity index (χ2n) is 7.88. The number of nitrogens with zero attached hydrogens (tertiary/aromatic N) is 9. The molecule has 0 unspecified atom stereocenters. The summed E-state index contributed by atoms with van der Waals surface area (Å²) < 4.78 is 1.78. The van der Waals surface area contributed by atoms with Crippen LogP contribution >= 0.6 is 0 Å². The van der Waals surface area contributed by atoms with Gasteiger partial charge < -0.3 is 15.5 Å². The van der Waals surface area contributed by atoms with E-state index >= 15 is 0 Å². The Morgan fingerprint density at radius 3 is 2.39 bits per heavy atom. The summed E-state index contributed by atoms with van der Waals surface area (Å²) in [5.74, 6) is 3.56. The minimum atomic E-state index is 0.465. The molecule has 13 heteroatoms. The molecule has 1 amide bonds. The lowest BCUT2D eigenvalue weighted by molar-refractivity contribution is -0.105. The number of rotatable bonds is 7. The molecule has 2 aliphatic rings. The number of hydrogen-bond acceptors (Lipinski definition) is 10. The zero-order valence-corrected chi connectivity index (χ0v) is 20.9. The minimum absolute atomic E-state index is 0.465. The van der Waals surface area contributed by atoms with Gasteiger partial charge in [-0.2, -0.15) is 20.1 Å². The van der Waals surface area contributed by atoms with Crippen molar-refractivity contribution >= 4 is 29.9 Å². The SMILES string of the molecule is C#C.C=C.O=CNc1cnccn1.c1cn(-c2nc(Nc3cc(C4CC4)[nH]n3)nc(N3CCCC3)n2)cn1. The van der Waals surface area contributed by atoms with Crippen molar-refractivity contribution in [2.45, 2.75) is 31.6 Å². The van der Waals surface area contributed by atoms with E-state index in [9.17, 15) is 4.79 Å². The fourth-order valence-corrected chi connectivity index (χ4v) is 3.51. The van der Waals surface area contributed by atoms with Crippen LogP contribution < -0.4 is 15.5 Å². The van der Waals surface area contributed by atoms with Gasteiger partial charge >= 0.3 is 0 Å². The Hall–Kier alpha value is -5.12. The van der Waals surface area contributed by atoms with Crippen molar-refractivity contribution in [2.24, 2.45) is 0 Å². The number of carbonyl (C=O) groups excluding carboxylic acids is 1. The summed E-state index contributed by atoms with van der Waals surface area (Å²) in [6.07, 6.45) is 23.1.